The minimum absolute atomic E-state index is 0.124. The predicted molar refractivity (Wildman–Crippen MR) is 172 cm³/mol. The van der Waals surface area contributed by atoms with Crippen molar-refractivity contribution >= 4 is 29.4 Å². The lowest BCUT2D eigenvalue weighted by Crippen LogP contribution is -2.27. The smallest absolute Gasteiger partial charge is 0.251 e. The van der Waals surface area contributed by atoms with Gasteiger partial charge < -0.3 is 45.0 Å². The molecule has 0 aliphatic carbocycles. The van der Waals surface area contributed by atoms with Gasteiger partial charge in [0.05, 0.1) is 47.8 Å². The second kappa shape index (κ2) is 17.9. The lowest BCUT2D eigenvalue weighted by Gasteiger charge is -2.13. The molecule has 4 rings (SSSR count). The lowest BCUT2D eigenvalue weighted by atomic mass is 10.2. The van der Waals surface area contributed by atoms with E-state index in [-0.39, 0.29) is 5.91 Å². The topological polar surface area (TPSA) is 150 Å². The fourth-order valence-corrected chi connectivity index (χ4v) is 4.08. The van der Waals surface area contributed by atoms with Crippen molar-refractivity contribution in [1.82, 2.24) is 20.3 Å². The molecule has 0 saturated carbocycles. The third kappa shape index (κ3) is 10.8. The number of carbonyl (C=O) groups is 1. The van der Waals surface area contributed by atoms with Crippen LogP contribution in [0.5, 0.6) is 17.2 Å². The number of carbonyl (C=O) groups excluding carboxylic acids is 1. The molecule has 0 bridgehead atoms. The lowest BCUT2D eigenvalue weighted by molar-refractivity contribution is 0.0519. The molecule has 0 unspecified atom stereocenters. The number of nitrogens with one attached hydrogen (secondary N) is 4. The molecule has 0 aliphatic rings. The summed E-state index contributed by atoms with van der Waals surface area (Å²) in [5, 5.41) is 12.5. The number of benzene rings is 3. The molecule has 1 amide bonds. The maximum atomic E-state index is 12.0. The highest BCUT2D eigenvalue weighted by molar-refractivity contribution is 5.94. The van der Waals surface area contributed by atoms with E-state index < -0.39 is 0 Å². The molecule has 45 heavy (non-hydrogen) atoms. The Hall–Kier alpha value is -5.14. The first-order valence-electron chi connectivity index (χ1n) is 14.4. The van der Waals surface area contributed by atoms with Crippen molar-refractivity contribution in [1.29, 1.82) is 0 Å². The van der Waals surface area contributed by atoms with Gasteiger partial charge in [-0.25, -0.2) is 0 Å². The Morgan fingerprint density at radius 1 is 0.667 bits per heavy atom. The van der Waals surface area contributed by atoms with Gasteiger partial charge in [0, 0.05) is 37.0 Å². The number of methoxy groups -OCH3 is 3. The van der Waals surface area contributed by atoms with Crippen LogP contribution in [0.2, 0.25) is 0 Å². The first-order chi connectivity index (χ1) is 22.1. The molecular formula is C32H39N7O6. The molecule has 0 fully saturated rings. The van der Waals surface area contributed by atoms with Gasteiger partial charge in [0.1, 0.15) is 5.75 Å². The number of hydrogen-bond acceptors (Lipinski definition) is 12. The van der Waals surface area contributed by atoms with Crippen LogP contribution < -0.4 is 35.5 Å². The number of rotatable bonds is 19. The number of amides is 1. The molecule has 3 aromatic carbocycles. The van der Waals surface area contributed by atoms with E-state index in [0.717, 1.165) is 11.3 Å². The number of anilines is 4. The van der Waals surface area contributed by atoms with Gasteiger partial charge in [0.25, 0.3) is 5.91 Å². The predicted octanol–water partition coefficient (Wildman–Crippen LogP) is 4.13. The zero-order valence-electron chi connectivity index (χ0n) is 25.7. The van der Waals surface area contributed by atoms with E-state index in [1.807, 2.05) is 48.5 Å². The van der Waals surface area contributed by atoms with E-state index in [9.17, 15) is 4.79 Å². The highest BCUT2D eigenvalue weighted by Crippen LogP contribution is 2.30. The van der Waals surface area contributed by atoms with Crippen LogP contribution in [0.25, 0.3) is 0 Å². The summed E-state index contributed by atoms with van der Waals surface area (Å²) >= 11 is 0. The van der Waals surface area contributed by atoms with Crippen molar-refractivity contribution in [3.63, 3.8) is 0 Å². The molecular weight excluding hydrogens is 578 g/mol. The maximum Gasteiger partial charge on any atom is 0.251 e. The third-order valence-electron chi connectivity index (χ3n) is 6.33. The fourth-order valence-electron chi connectivity index (χ4n) is 4.08. The van der Waals surface area contributed by atoms with Crippen LogP contribution in [0.1, 0.15) is 15.9 Å². The summed E-state index contributed by atoms with van der Waals surface area (Å²) in [6, 6.07) is 22.2. The average Bonchev–Trinajstić information content (AvgIpc) is 3.08. The Kier molecular flexibility index (Phi) is 13.0. The first kappa shape index (κ1) is 32.8. The summed E-state index contributed by atoms with van der Waals surface area (Å²) in [6.07, 6.45) is 0. The average molecular weight is 618 g/mol. The Morgan fingerprint density at radius 2 is 1.38 bits per heavy atom. The van der Waals surface area contributed by atoms with Crippen LogP contribution >= 0.6 is 0 Å². The second-order valence-electron chi connectivity index (χ2n) is 9.48. The van der Waals surface area contributed by atoms with Crippen LogP contribution in [0.4, 0.5) is 23.5 Å². The van der Waals surface area contributed by atoms with Crippen molar-refractivity contribution in [3.8, 4) is 17.2 Å². The van der Waals surface area contributed by atoms with Crippen LogP contribution in [0.3, 0.4) is 0 Å². The molecule has 0 radical (unpaired) electrons. The Morgan fingerprint density at radius 3 is 2.11 bits per heavy atom. The van der Waals surface area contributed by atoms with Crippen molar-refractivity contribution < 1.29 is 28.5 Å². The minimum Gasteiger partial charge on any atom is -0.497 e. The molecule has 0 aliphatic heterocycles. The van der Waals surface area contributed by atoms with Crippen LogP contribution in [-0.2, 0) is 16.0 Å². The number of nitrogens with zero attached hydrogens (tertiary/aromatic N) is 3. The third-order valence-corrected chi connectivity index (χ3v) is 6.33. The summed E-state index contributed by atoms with van der Waals surface area (Å²) < 4.78 is 27.3. The summed E-state index contributed by atoms with van der Waals surface area (Å²) in [5.74, 6) is 2.92. The highest BCUT2D eigenvalue weighted by Gasteiger charge is 2.10. The SMILES string of the molecule is COc1cccc(CNc2nc(NCCOCCOCCNC(=O)c3ccccc3)nc(Nc3ccc(OC)c(OC)c3)n2)c1. The summed E-state index contributed by atoms with van der Waals surface area (Å²) in [4.78, 5) is 25.6. The monoisotopic (exact) mass is 617 g/mol. The van der Waals surface area contributed by atoms with E-state index in [2.05, 4.69) is 36.2 Å². The van der Waals surface area contributed by atoms with Gasteiger partial charge in [0.15, 0.2) is 11.5 Å². The van der Waals surface area contributed by atoms with Crippen LogP contribution in [0, 0.1) is 0 Å². The number of aromatic nitrogens is 3. The number of hydrogen-bond donors (Lipinski definition) is 4. The largest absolute Gasteiger partial charge is 0.497 e. The molecule has 4 aromatic rings. The molecule has 0 spiro atoms. The normalized spacial score (nSPS) is 10.6. The van der Waals surface area contributed by atoms with Crippen LogP contribution in [-0.4, -0.2) is 81.7 Å². The molecule has 0 saturated heterocycles. The minimum atomic E-state index is -0.124. The van der Waals surface area contributed by atoms with Gasteiger partial charge in [-0.05, 0) is 42.0 Å². The Bertz CT molecular complexity index is 1490. The maximum absolute atomic E-state index is 12.0. The highest BCUT2D eigenvalue weighted by atomic mass is 16.5. The van der Waals surface area contributed by atoms with E-state index in [1.54, 1.807) is 45.6 Å². The first-order valence-corrected chi connectivity index (χ1v) is 14.4. The van der Waals surface area contributed by atoms with E-state index >= 15 is 0 Å². The van der Waals surface area contributed by atoms with E-state index in [1.165, 1.54) is 0 Å². The molecule has 13 nitrogen and oxygen atoms in total. The van der Waals surface area contributed by atoms with E-state index in [4.69, 9.17) is 23.7 Å². The quantitative estimate of drug-likeness (QED) is 0.112. The standard InChI is InChI=1S/C32H39N7O6/c1-41-26-11-7-8-23(20-26)22-35-31-37-30(38-32(39-31)36-25-12-13-27(42-2)28(21-25)43-3)34-15-17-45-19-18-44-16-14-33-29(40)24-9-5-4-6-10-24/h4-13,20-21H,14-19,22H2,1-3H3,(H,33,40)(H3,34,35,36,37,38,39). The van der Waals surface area contributed by atoms with Crippen molar-refractivity contribution in [2.45, 2.75) is 6.54 Å². The zero-order valence-corrected chi connectivity index (χ0v) is 25.7. The number of ether oxygens (including phenoxy) is 5. The molecule has 13 heteroatoms. The van der Waals surface area contributed by atoms with Gasteiger partial charge in [-0.3, -0.25) is 4.79 Å². The molecule has 238 valence electrons. The van der Waals surface area contributed by atoms with Crippen molar-refractivity contribution in [2.75, 3.05) is 76.8 Å². The summed E-state index contributed by atoms with van der Waals surface area (Å²) in [5.41, 5.74) is 2.34. The van der Waals surface area contributed by atoms with E-state index in [0.29, 0.717) is 86.7 Å². The van der Waals surface area contributed by atoms with Gasteiger partial charge in [-0.1, -0.05) is 30.3 Å². The molecule has 4 N–H and O–H groups in total. The second-order valence-corrected chi connectivity index (χ2v) is 9.48. The van der Waals surface area contributed by atoms with Gasteiger partial charge in [-0.2, -0.15) is 15.0 Å². The molecule has 1 heterocycles. The summed E-state index contributed by atoms with van der Waals surface area (Å²) in [6.45, 7) is 2.98. The van der Waals surface area contributed by atoms with Crippen molar-refractivity contribution in [2.24, 2.45) is 0 Å². The van der Waals surface area contributed by atoms with Crippen molar-refractivity contribution in [3.05, 3.63) is 83.9 Å². The summed E-state index contributed by atoms with van der Waals surface area (Å²) in [7, 11) is 4.79. The van der Waals surface area contributed by atoms with Crippen LogP contribution in [0.15, 0.2) is 72.8 Å². The fraction of sp³-hybridized carbons (Fsp3) is 0.312. The Labute approximate surface area is 262 Å². The zero-order chi connectivity index (χ0) is 31.7. The Balaban J connectivity index is 1.26. The molecule has 0 atom stereocenters. The molecule has 1 aromatic heterocycles. The van der Waals surface area contributed by atoms with Gasteiger partial charge in [-0.15, -0.1) is 0 Å². The van der Waals surface area contributed by atoms with Gasteiger partial charge >= 0.3 is 0 Å². The van der Waals surface area contributed by atoms with Gasteiger partial charge in [0.2, 0.25) is 17.8 Å².